The summed E-state index contributed by atoms with van der Waals surface area (Å²) in [6, 6.07) is 19.6. The molecule has 4 heterocycles. The Bertz CT molecular complexity index is 1530. The third-order valence-corrected chi connectivity index (χ3v) is 10.4. The summed E-state index contributed by atoms with van der Waals surface area (Å²) < 4.78 is 64.3. The van der Waals surface area contributed by atoms with Crippen molar-refractivity contribution in [1.29, 1.82) is 5.41 Å². The summed E-state index contributed by atoms with van der Waals surface area (Å²) in [6.45, 7) is 14.1. The van der Waals surface area contributed by atoms with Gasteiger partial charge in [-0.2, -0.15) is 0 Å². The molecule has 9 unspecified atom stereocenters. The average molecular weight is 739 g/mol. The van der Waals surface area contributed by atoms with Gasteiger partial charge in [0, 0.05) is 17.8 Å². The SMILES string of the molecule is CC[C@@H]1O[C@H](OC(C)=N)C(O[C@@H]2O[C@H](C)C(O[C@@H]3OCC(OCc4ccccc4)C(OCc4ccccc4)C3C)C3OC(C)(C)OC32)C(C)C1N=[N+]=[N-]. The Kier molecular flexibility index (Phi) is 13.1. The van der Waals surface area contributed by atoms with Crippen molar-refractivity contribution in [2.24, 2.45) is 17.0 Å². The maximum atomic E-state index is 9.35. The molecule has 0 spiro atoms. The molecule has 1 N–H and O–H groups in total. The molecule has 0 amide bonds. The third kappa shape index (κ3) is 9.40. The van der Waals surface area contributed by atoms with E-state index in [1.165, 1.54) is 6.92 Å². The van der Waals surface area contributed by atoms with E-state index in [0.29, 0.717) is 19.6 Å². The van der Waals surface area contributed by atoms with Gasteiger partial charge in [-0.05, 0) is 49.8 Å². The molecule has 4 fully saturated rings. The normalized spacial score (nSPS) is 38.0. The number of rotatable bonds is 13. The summed E-state index contributed by atoms with van der Waals surface area (Å²) in [5.74, 6) is -1.56. The Labute approximate surface area is 311 Å². The molecule has 0 aromatic heterocycles. The van der Waals surface area contributed by atoms with Gasteiger partial charge in [0.1, 0.15) is 30.5 Å². The molecule has 4 aliphatic heterocycles. The van der Waals surface area contributed by atoms with Crippen LogP contribution in [0.4, 0.5) is 0 Å². The second-order valence-electron chi connectivity index (χ2n) is 14.8. The second-order valence-corrected chi connectivity index (χ2v) is 14.8. The monoisotopic (exact) mass is 738 g/mol. The molecule has 14 atom stereocenters. The van der Waals surface area contributed by atoms with Gasteiger partial charge in [0.05, 0.1) is 44.2 Å². The molecule has 14 heteroatoms. The Morgan fingerprint density at radius 1 is 0.830 bits per heavy atom. The summed E-state index contributed by atoms with van der Waals surface area (Å²) in [5.41, 5.74) is 11.5. The van der Waals surface area contributed by atoms with Crippen LogP contribution >= 0.6 is 0 Å². The summed E-state index contributed by atoms with van der Waals surface area (Å²) in [5, 5.41) is 12.1. The molecule has 14 nitrogen and oxygen atoms in total. The molecule has 290 valence electrons. The van der Waals surface area contributed by atoms with E-state index in [-0.39, 0.29) is 36.5 Å². The van der Waals surface area contributed by atoms with Crippen LogP contribution in [-0.2, 0) is 60.6 Å². The van der Waals surface area contributed by atoms with E-state index in [2.05, 4.69) is 10.0 Å². The van der Waals surface area contributed by atoms with Crippen molar-refractivity contribution < 1.29 is 47.4 Å². The number of nitrogens with zero attached hydrogens (tertiary/aromatic N) is 3. The highest BCUT2D eigenvalue weighted by atomic mass is 16.8. The zero-order valence-corrected chi connectivity index (χ0v) is 31.6. The number of ether oxygens (including phenoxy) is 10. The molecule has 0 radical (unpaired) electrons. The standard InChI is InChI=1S/C39H54N4O10/c1-8-28-30(42-43-41)22(2)32(37(49-28)48-25(5)40)50-38-35-34(52-39(6,7)53-35)33(24(4)47-38)51-36-23(3)31(45-20-27-17-13-10-14-18-27)29(21-46-36)44-19-26-15-11-9-12-16-26/h9-18,22-24,28-38,40H,8,19-21H2,1-7H3/t22?,23?,24-,28+,29?,30?,31?,32?,33?,34?,35?,36+,37+,38+/m1/s1. The minimum absolute atomic E-state index is 0.0286. The Morgan fingerprint density at radius 3 is 2.08 bits per heavy atom. The van der Waals surface area contributed by atoms with Crippen molar-refractivity contribution in [3.05, 3.63) is 82.2 Å². The number of fused-ring (bicyclic) bond motifs is 1. The molecule has 53 heavy (non-hydrogen) atoms. The molecular formula is C39H54N4O10. The van der Waals surface area contributed by atoms with Crippen LogP contribution in [0.1, 0.15) is 66.0 Å². The highest BCUT2D eigenvalue weighted by Crippen LogP contribution is 2.43. The first-order valence-corrected chi connectivity index (χ1v) is 18.6. The van der Waals surface area contributed by atoms with Crippen molar-refractivity contribution in [3.63, 3.8) is 0 Å². The van der Waals surface area contributed by atoms with E-state index in [9.17, 15) is 5.53 Å². The van der Waals surface area contributed by atoms with E-state index in [4.69, 9.17) is 52.8 Å². The van der Waals surface area contributed by atoms with Gasteiger partial charge in [-0.3, -0.25) is 5.41 Å². The molecule has 0 aliphatic carbocycles. The zero-order valence-electron chi connectivity index (χ0n) is 31.6. The fraction of sp³-hybridized carbons (Fsp3) is 0.667. The first-order chi connectivity index (χ1) is 25.5. The first kappa shape index (κ1) is 39.6. The van der Waals surface area contributed by atoms with Gasteiger partial charge >= 0.3 is 0 Å². The van der Waals surface area contributed by atoms with E-state index in [1.807, 2.05) is 102 Å². The molecule has 0 bridgehead atoms. The molecule has 4 aliphatic rings. The average Bonchev–Trinajstić information content (AvgIpc) is 3.47. The van der Waals surface area contributed by atoms with Gasteiger partial charge in [-0.25, -0.2) is 0 Å². The molecular weight excluding hydrogens is 684 g/mol. The number of hydrogen-bond donors (Lipinski definition) is 1. The van der Waals surface area contributed by atoms with E-state index < -0.39 is 67.3 Å². The van der Waals surface area contributed by atoms with E-state index in [1.54, 1.807) is 0 Å². The third-order valence-electron chi connectivity index (χ3n) is 10.4. The summed E-state index contributed by atoms with van der Waals surface area (Å²) >= 11 is 0. The Balaban J connectivity index is 1.18. The number of hydrogen-bond acceptors (Lipinski definition) is 12. The molecule has 4 saturated heterocycles. The van der Waals surface area contributed by atoms with Gasteiger partial charge in [-0.15, -0.1) is 0 Å². The molecule has 6 rings (SSSR count). The van der Waals surface area contributed by atoms with Crippen LogP contribution in [0, 0.1) is 17.2 Å². The predicted octanol–water partition coefficient (Wildman–Crippen LogP) is 6.65. The van der Waals surface area contributed by atoms with Gasteiger partial charge in [0.25, 0.3) is 0 Å². The maximum absolute atomic E-state index is 9.35. The van der Waals surface area contributed by atoms with Crippen LogP contribution in [0.2, 0.25) is 0 Å². The summed E-state index contributed by atoms with van der Waals surface area (Å²) in [4.78, 5) is 3.08. The summed E-state index contributed by atoms with van der Waals surface area (Å²) in [7, 11) is 0. The van der Waals surface area contributed by atoms with Gasteiger partial charge in [0.2, 0.25) is 6.29 Å². The van der Waals surface area contributed by atoms with Crippen LogP contribution < -0.4 is 0 Å². The fourth-order valence-corrected chi connectivity index (χ4v) is 7.71. The van der Waals surface area contributed by atoms with Gasteiger partial charge < -0.3 is 47.4 Å². The summed E-state index contributed by atoms with van der Waals surface area (Å²) in [6.07, 6.45) is -6.16. The van der Waals surface area contributed by atoms with Crippen LogP contribution in [0.5, 0.6) is 0 Å². The maximum Gasteiger partial charge on any atom is 0.228 e. The highest BCUT2D eigenvalue weighted by molar-refractivity contribution is 5.69. The fourth-order valence-electron chi connectivity index (χ4n) is 7.71. The van der Waals surface area contributed by atoms with E-state index in [0.717, 1.165) is 11.1 Å². The largest absolute Gasteiger partial charge is 0.450 e. The van der Waals surface area contributed by atoms with Crippen molar-refractivity contribution in [2.75, 3.05) is 6.61 Å². The minimum Gasteiger partial charge on any atom is -0.450 e. The predicted molar refractivity (Wildman–Crippen MR) is 192 cm³/mol. The van der Waals surface area contributed by atoms with Gasteiger partial charge in [-0.1, -0.05) is 86.5 Å². The van der Waals surface area contributed by atoms with E-state index >= 15 is 0 Å². The molecule has 2 aromatic rings. The van der Waals surface area contributed by atoms with Crippen LogP contribution in [-0.4, -0.2) is 92.0 Å². The smallest absolute Gasteiger partial charge is 0.228 e. The number of azide groups is 1. The van der Waals surface area contributed by atoms with Crippen LogP contribution in [0.25, 0.3) is 10.4 Å². The van der Waals surface area contributed by atoms with Gasteiger partial charge in [0.15, 0.2) is 24.3 Å². The Hall–Kier alpha value is -3.14. The van der Waals surface area contributed by atoms with Crippen molar-refractivity contribution in [3.8, 4) is 0 Å². The van der Waals surface area contributed by atoms with Crippen LogP contribution in [0.3, 0.4) is 0 Å². The number of nitrogens with one attached hydrogen (secondary N) is 1. The lowest BCUT2D eigenvalue weighted by Gasteiger charge is -2.48. The minimum atomic E-state index is -0.972. The molecule has 0 saturated carbocycles. The van der Waals surface area contributed by atoms with Crippen molar-refractivity contribution >= 4 is 5.90 Å². The molecule has 2 aromatic carbocycles. The second kappa shape index (κ2) is 17.5. The lowest BCUT2D eigenvalue weighted by molar-refractivity contribution is -0.350. The number of benzene rings is 2. The van der Waals surface area contributed by atoms with Crippen molar-refractivity contribution in [2.45, 2.75) is 148 Å². The Morgan fingerprint density at radius 2 is 1.45 bits per heavy atom. The van der Waals surface area contributed by atoms with Crippen molar-refractivity contribution in [1.82, 2.24) is 0 Å². The quantitative estimate of drug-likeness (QED) is 0.0774. The topological polar surface area (TPSA) is 165 Å². The first-order valence-electron chi connectivity index (χ1n) is 18.6. The zero-order chi connectivity index (χ0) is 37.7. The lowest BCUT2D eigenvalue weighted by Crippen LogP contribution is -2.62. The van der Waals surface area contributed by atoms with Crippen LogP contribution in [0.15, 0.2) is 65.8 Å². The highest BCUT2D eigenvalue weighted by Gasteiger charge is 2.58. The lowest BCUT2D eigenvalue weighted by atomic mass is 9.87.